The molecule has 22 heavy (non-hydrogen) atoms. The third kappa shape index (κ3) is 3.25. The van der Waals surface area contributed by atoms with Crippen LogP contribution in [-0.4, -0.2) is 29.1 Å². The Kier molecular flexibility index (Phi) is 4.77. The molecule has 6 nitrogen and oxygen atoms in total. The monoisotopic (exact) mass is 362 g/mol. The normalized spacial score (nSPS) is 10.1. The zero-order valence-electron chi connectivity index (χ0n) is 12.2. The first kappa shape index (κ1) is 16.0. The summed E-state index contributed by atoms with van der Waals surface area (Å²) in [5, 5.41) is 9.47. The van der Waals surface area contributed by atoms with Crippen molar-refractivity contribution in [3.05, 3.63) is 52.7 Å². The molecule has 0 aliphatic carbocycles. The average Bonchev–Trinajstić information content (AvgIpc) is 2.85. The number of nitrogens with zero attached hydrogens (tertiary/aromatic N) is 2. The van der Waals surface area contributed by atoms with Crippen LogP contribution in [0.5, 0.6) is 0 Å². The molecule has 1 aromatic heterocycles. The van der Waals surface area contributed by atoms with E-state index in [9.17, 15) is 9.59 Å². The molecule has 2 amide bonds. The van der Waals surface area contributed by atoms with Gasteiger partial charge in [0, 0.05) is 24.0 Å². The van der Waals surface area contributed by atoms with E-state index >= 15 is 0 Å². The third-order valence-electron chi connectivity index (χ3n) is 3.13. The van der Waals surface area contributed by atoms with Gasteiger partial charge in [-0.2, -0.15) is 5.10 Å². The summed E-state index contributed by atoms with van der Waals surface area (Å²) in [6, 6.07) is 6.68. The van der Waals surface area contributed by atoms with Gasteiger partial charge in [-0.05, 0) is 53.2 Å². The topological polar surface area (TPSA) is 78.1 Å². The smallest absolute Gasteiger partial charge is 0.256 e. The summed E-state index contributed by atoms with van der Waals surface area (Å²) in [6.45, 7) is 5.28. The first-order chi connectivity index (χ1) is 10.4. The minimum absolute atomic E-state index is 0.215. The number of anilines is 2. The van der Waals surface area contributed by atoms with E-state index < -0.39 is 0 Å². The van der Waals surface area contributed by atoms with Crippen molar-refractivity contribution in [3.8, 4) is 0 Å². The highest BCUT2D eigenvalue weighted by Crippen LogP contribution is 2.23. The largest absolute Gasteiger partial charge is 0.312 e. The fraction of sp³-hybridized carbons (Fsp3) is 0.133. The molecule has 0 radical (unpaired) electrons. The molecule has 1 aromatic carbocycles. The highest BCUT2D eigenvalue weighted by molar-refractivity contribution is 9.10. The van der Waals surface area contributed by atoms with Crippen molar-refractivity contribution in [2.45, 2.75) is 6.92 Å². The minimum Gasteiger partial charge on any atom is -0.312 e. The van der Waals surface area contributed by atoms with Crippen molar-refractivity contribution in [3.63, 3.8) is 0 Å². The lowest BCUT2D eigenvalue weighted by Crippen LogP contribution is -2.23. The SMILES string of the molecule is C=CC(=O)N(C)c1ccc(C(=O)Nc2n[nH]c(C)c2Br)cc1. The summed E-state index contributed by atoms with van der Waals surface area (Å²) < 4.78 is 0.716. The van der Waals surface area contributed by atoms with Gasteiger partial charge in [-0.3, -0.25) is 14.7 Å². The first-order valence-corrected chi connectivity index (χ1v) is 7.25. The van der Waals surface area contributed by atoms with E-state index in [4.69, 9.17) is 0 Å². The van der Waals surface area contributed by atoms with Gasteiger partial charge in [0.05, 0.1) is 4.47 Å². The molecule has 0 saturated carbocycles. The first-order valence-electron chi connectivity index (χ1n) is 6.46. The maximum atomic E-state index is 12.2. The average molecular weight is 363 g/mol. The predicted molar refractivity (Wildman–Crippen MR) is 89.0 cm³/mol. The molecule has 2 rings (SSSR count). The van der Waals surface area contributed by atoms with E-state index in [-0.39, 0.29) is 11.8 Å². The van der Waals surface area contributed by atoms with E-state index in [1.165, 1.54) is 11.0 Å². The van der Waals surface area contributed by atoms with E-state index in [0.29, 0.717) is 21.5 Å². The minimum atomic E-state index is -0.281. The number of aromatic amines is 1. The summed E-state index contributed by atoms with van der Waals surface area (Å²) in [6.07, 6.45) is 1.23. The molecule has 0 saturated heterocycles. The molecule has 7 heteroatoms. The van der Waals surface area contributed by atoms with Gasteiger partial charge >= 0.3 is 0 Å². The van der Waals surface area contributed by atoms with Crippen molar-refractivity contribution in [1.29, 1.82) is 0 Å². The van der Waals surface area contributed by atoms with E-state index in [0.717, 1.165) is 5.69 Å². The number of nitrogens with one attached hydrogen (secondary N) is 2. The van der Waals surface area contributed by atoms with Crippen LogP contribution in [0.1, 0.15) is 16.1 Å². The van der Waals surface area contributed by atoms with Crippen molar-refractivity contribution in [1.82, 2.24) is 10.2 Å². The number of carbonyl (C=O) groups is 2. The number of H-pyrrole nitrogens is 1. The molecule has 0 bridgehead atoms. The van der Waals surface area contributed by atoms with Crippen LogP contribution in [-0.2, 0) is 4.79 Å². The van der Waals surface area contributed by atoms with Crippen LogP contribution < -0.4 is 10.2 Å². The second kappa shape index (κ2) is 6.57. The van der Waals surface area contributed by atoms with Gasteiger partial charge in [-0.25, -0.2) is 0 Å². The standard InChI is InChI=1S/C15H15BrN4O2/c1-4-12(21)20(3)11-7-5-10(6-8-11)15(22)17-14-13(16)9(2)18-19-14/h4-8H,1H2,2-3H3,(H2,17,18,19,22). The van der Waals surface area contributed by atoms with Crippen molar-refractivity contribution >= 4 is 39.2 Å². The molecule has 2 N–H and O–H groups in total. The van der Waals surface area contributed by atoms with Gasteiger partial charge in [-0.1, -0.05) is 6.58 Å². The highest BCUT2D eigenvalue weighted by atomic mass is 79.9. The fourth-order valence-electron chi connectivity index (χ4n) is 1.78. The second-order valence-electron chi connectivity index (χ2n) is 4.61. The number of amides is 2. The van der Waals surface area contributed by atoms with Crippen LogP contribution in [0.4, 0.5) is 11.5 Å². The Labute approximate surface area is 136 Å². The Bertz CT molecular complexity index is 722. The number of aryl methyl sites for hydroxylation is 1. The molecule has 0 fully saturated rings. The van der Waals surface area contributed by atoms with Crippen LogP contribution in [0.2, 0.25) is 0 Å². The number of benzene rings is 1. The molecule has 1 heterocycles. The number of hydrogen-bond acceptors (Lipinski definition) is 3. The molecule has 0 spiro atoms. The summed E-state index contributed by atoms with van der Waals surface area (Å²) in [5.74, 6) is -0.0601. The van der Waals surface area contributed by atoms with Crippen molar-refractivity contribution < 1.29 is 9.59 Å². The predicted octanol–water partition coefficient (Wildman–Crippen LogP) is 2.88. The van der Waals surface area contributed by atoms with E-state index in [1.54, 1.807) is 31.3 Å². The van der Waals surface area contributed by atoms with Gasteiger partial charge < -0.3 is 10.2 Å². The molecule has 0 aliphatic heterocycles. The zero-order chi connectivity index (χ0) is 16.3. The Hall–Kier alpha value is -2.41. The fourth-order valence-corrected chi connectivity index (χ4v) is 2.06. The molecule has 0 aliphatic rings. The Morgan fingerprint density at radius 3 is 2.50 bits per heavy atom. The van der Waals surface area contributed by atoms with Gasteiger partial charge in [0.2, 0.25) is 5.91 Å². The van der Waals surface area contributed by atoms with Gasteiger partial charge in [0.15, 0.2) is 5.82 Å². The maximum Gasteiger partial charge on any atom is 0.256 e. The molecule has 0 unspecified atom stereocenters. The lowest BCUT2D eigenvalue weighted by molar-refractivity contribution is -0.113. The summed E-state index contributed by atoms with van der Waals surface area (Å²) >= 11 is 3.34. The third-order valence-corrected chi connectivity index (χ3v) is 4.10. The number of hydrogen-bond donors (Lipinski definition) is 2. The Balaban J connectivity index is 2.13. The second-order valence-corrected chi connectivity index (χ2v) is 5.41. The van der Waals surface area contributed by atoms with Crippen LogP contribution >= 0.6 is 15.9 Å². The quantitative estimate of drug-likeness (QED) is 0.820. The van der Waals surface area contributed by atoms with Crippen molar-refractivity contribution in [2.75, 3.05) is 17.3 Å². The summed E-state index contributed by atoms with van der Waals surface area (Å²) in [4.78, 5) is 25.1. The highest BCUT2D eigenvalue weighted by Gasteiger charge is 2.13. The molecule has 0 atom stereocenters. The number of halogens is 1. The number of aromatic nitrogens is 2. The van der Waals surface area contributed by atoms with Gasteiger partial charge in [0.25, 0.3) is 5.91 Å². The van der Waals surface area contributed by atoms with Crippen molar-refractivity contribution in [2.24, 2.45) is 0 Å². The molecule has 2 aromatic rings. The Morgan fingerprint density at radius 2 is 2.00 bits per heavy atom. The Morgan fingerprint density at radius 1 is 1.36 bits per heavy atom. The van der Waals surface area contributed by atoms with Crippen LogP contribution in [0.25, 0.3) is 0 Å². The van der Waals surface area contributed by atoms with E-state index in [1.807, 2.05) is 6.92 Å². The number of rotatable bonds is 4. The van der Waals surface area contributed by atoms with E-state index in [2.05, 4.69) is 38.0 Å². The molecular formula is C15H15BrN4O2. The maximum absolute atomic E-state index is 12.2. The molecular weight excluding hydrogens is 348 g/mol. The number of carbonyl (C=O) groups excluding carboxylic acids is 2. The number of likely N-dealkylation sites (N-methyl/N-ethyl adjacent to an activating group) is 1. The van der Waals surface area contributed by atoms with Crippen LogP contribution in [0.15, 0.2) is 41.4 Å². The van der Waals surface area contributed by atoms with Crippen LogP contribution in [0.3, 0.4) is 0 Å². The lowest BCUT2D eigenvalue weighted by atomic mass is 10.2. The summed E-state index contributed by atoms with van der Waals surface area (Å²) in [5.41, 5.74) is 1.98. The van der Waals surface area contributed by atoms with Crippen LogP contribution in [0, 0.1) is 6.92 Å². The van der Waals surface area contributed by atoms with Gasteiger partial charge in [-0.15, -0.1) is 0 Å². The molecule has 114 valence electrons. The zero-order valence-corrected chi connectivity index (χ0v) is 13.8. The summed E-state index contributed by atoms with van der Waals surface area (Å²) in [7, 11) is 1.64. The lowest BCUT2D eigenvalue weighted by Gasteiger charge is -2.15. The van der Waals surface area contributed by atoms with Gasteiger partial charge in [0.1, 0.15) is 0 Å².